The van der Waals surface area contributed by atoms with Gasteiger partial charge in [0.05, 0.1) is 0 Å². The van der Waals surface area contributed by atoms with Crippen molar-refractivity contribution in [3.05, 3.63) is 34.1 Å². The van der Waals surface area contributed by atoms with E-state index in [1.54, 1.807) is 12.1 Å². The summed E-state index contributed by atoms with van der Waals surface area (Å²) in [4.78, 5) is 2.44. The Morgan fingerprint density at radius 3 is 2.68 bits per heavy atom. The summed E-state index contributed by atoms with van der Waals surface area (Å²) >= 11 is 3.53. The number of hydrogen-bond donors (Lipinski definition) is 1. The Labute approximate surface area is 123 Å². The summed E-state index contributed by atoms with van der Waals surface area (Å²) in [7, 11) is 0. The fourth-order valence-corrected chi connectivity index (χ4v) is 3.69. The van der Waals surface area contributed by atoms with Crippen LogP contribution in [0.5, 0.6) is 0 Å². The highest BCUT2D eigenvalue weighted by Crippen LogP contribution is 2.33. The molecule has 106 valence electrons. The average Bonchev–Trinajstić information content (AvgIpc) is 2.92. The first-order valence-electron chi connectivity index (χ1n) is 7.08. The van der Waals surface area contributed by atoms with E-state index in [2.05, 4.69) is 27.8 Å². The van der Waals surface area contributed by atoms with E-state index in [1.165, 1.54) is 31.7 Å². The lowest BCUT2D eigenvalue weighted by Gasteiger charge is -2.35. The molecule has 0 spiro atoms. The molecule has 1 saturated carbocycles. The third-order valence-corrected chi connectivity index (χ3v) is 4.82. The summed E-state index contributed by atoms with van der Waals surface area (Å²) < 4.78 is 14.5. The zero-order valence-electron chi connectivity index (χ0n) is 11.4. The van der Waals surface area contributed by atoms with Crippen LogP contribution in [-0.4, -0.2) is 24.0 Å². The van der Waals surface area contributed by atoms with Gasteiger partial charge >= 0.3 is 0 Å². The molecule has 1 aliphatic rings. The van der Waals surface area contributed by atoms with Crippen LogP contribution < -0.4 is 5.73 Å². The van der Waals surface area contributed by atoms with Crippen LogP contribution in [0, 0.1) is 5.82 Å². The Bertz CT molecular complexity index is 419. The predicted molar refractivity (Wildman–Crippen MR) is 80.5 cm³/mol. The molecule has 2 N–H and O–H groups in total. The zero-order valence-corrected chi connectivity index (χ0v) is 13.0. The number of nitrogens with zero attached hydrogens (tertiary/aromatic N) is 1. The average molecular weight is 329 g/mol. The van der Waals surface area contributed by atoms with Gasteiger partial charge < -0.3 is 5.73 Å². The molecule has 0 aromatic heterocycles. The van der Waals surface area contributed by atoms with Gasteiger partial charge in [0.1, 0.15) is 5.82 Å². The smallest absolute Gasteiger partial charge is 0.123 e. The first kappa shape index (κ1) is 14.9. The maximum atomic E-state index is 13.5. The van der Waals surface area contributed by atoms with Crippen molar-refractivity contribution in [3.63, 3.8) is 0 Å². The standard InChI is InChI=1S/C15H22BrFN2/c1-2-19(12-5-3-4-6-12)15(10-18)13-9-11(17)7-8-14(13)16/h7-9,12,15H,2-6,10,18H2,1H3. The molecule has 1 atom stereocenters. The van der Waals surface area contributed by atoms with Crippen LogP contribution in [-0.2, 0) is 0 Å². The predicted octanol–water partition coefficient (Wildman–Crippen LogP) is 3.85. The molecule has 0 aliphatic heterocycles. The highest BCUT2D eigenvalue weighted by Gasteiger charge is 2.28. The Morgan fingerprint density at radius 1 is 1.42 bits per heavy atom. The normalized spacial score (nSPS) is 18.2. The molecule has 1 aromatic carbocycles. The maximum Gasteiger partial charge on any atom is 0.123 e. The van der Waals surface area contributed by atoms with Gasteiger partial charge in [-0.25, -0.2) is 4.39 Å². The summed E-state index contributed by atoms with van der Waals surface area (Å²) in [5.74, 6) is -0.195. The summed E-state index contributed by atoms with van der Waals surface area (Å²) in [6, 6.07) is 5.55. The van der Waals surface area contributed by atoms with E-state index >= 15 is 0 Å². The number of rotatable bonds is 5. The van der Waals surface area contributed by atoms with Crippen molar-refractivity contribution in [3.8, 4) is 0 Å². The van der Waals surface area contributed by atoms with Crippen LogP contribution >= 0.6 is 15.9 Å². The van der Waals surface area contributed by atoms with E-state index in [0.29, 0.717) is 12.6 Å². The van der Waals surface area contributed by atoms with Crippen molar-refractivity contribution in [1.82, 2.24) is 4.90 Å². The second-order valence-corrected chi connectivity index (χ2v) is 6.04. The van der Waals surface area contributed by atoms with Gasteiger partial charge in [-0.05, 0) is 43.1 Å². The van der Waals surface area contributed by atoms with Gasteiger partial charge in [0.2, 0.25) is 0 Å². The van der Waals surface area contributed by atoms with Gasteiger partial charge in [-0.1, -0.05) is 35.7 Å². The number of halogens is 2. The van der Waals surface area contributed by atoms with E-state index in [0.717, 1.165) is 16.6 Å². The van der Waals surface area contributed by atoms with Gasteiger partial charge in [0.15, 0.2) is 0 Å². The Hall–Kier alpha value is -0.450. The monoisotopic (exact) mass is 328 g/mol. The van der Waals surface area contributed by atoms with Crippen molar-refractivity contribution < 1.29 is 4.39 Å². The highest BCUT2D eigenvalue weighted by molar-refractivity contribution is 9.10. The largest absolute Gasteiger partial charge is 0.329 e. The third kappa shape index (κ3) is 3.36. The fraction of sp³-hybridized carbons (Fsp3) is 0.600. The Kier molecular flexibility index (Phi) is 5.37. The molecule has 0 heterocycles. The minimum absolute atomic E-state index is 0.0955. The topological polar surface area (TPSA) is 29.3 Å². The quantitative estimate of drug-likeness (QED) is 0.889. The van der Waals surface area contributed by atoms with Gasteiger partial charge in [0.25, 0.3) is 0 Å². The Morgan fingerprint density at radius 2 is 2.11 bits per heavy atom. The molecule has 2 rings (SSSR count). The molecule has 1 aliphatic carbocycles. The molecule has 1 unspecified atom stereocenters. The van der Waals surface area contributed by atoms with E-state index in [1.807, 2.05) is 0 Å². The van der Waals surface area contributed by atoms with Gasteiger partial charge in [-0.15, -0.1) is 0 Å². The van der Waals surface area contributed by atoms with Crippen LogP contribution in [0.4, 0.5) is 4.39 Å². The van der Waals surface area contributed by atoms with Crippen LogP contribution in [0.15, 0.2) is 22.7 Å². The minimum Gasteiger partial charge on any atom is -0.329 e. The van der Waals surface area contributed by atoms with Crippen LogP contribution in [0.1, 0.15) is 44.2 Å². The molecule has 1 fully saturated rings. The van der Waals surface area contributed by atoms with Crippen molar-refractivity contribution in [2.24, 2.45) is 5.73 Å². The maximum absolute atomic E-state index is 13.5. The van der Waals surface area contributed by atoms with Gasteiger partial charge in [-0.3, -0.25) is 4.90 Å². The van der Waals surface area contributed by atoms with Crippen LogP contribution in [0.3, 0.4) is 0 Å². The minimum atomic E-state index is -0.195. The lowest BCUT2D eigenvalue weighted by Crippen LogP contribution is -2.40. The van der Waals surface area contributed by atoms with E-state index in [4.69, 9.17) is 5.73 Å². The van der Waals surface area contributed by atoms with E-state index in [9.17, 15) is 4.39 Å². The zero-order chi connectivity index (χ0) is 13.8. The highest BCUT2D eigenvalue weighted by atomic mass is 79.9. The number of benzene rings is 1. The third-order valence-electron chi connectivity index (χ3n) is 4.10. The number of likely N-dealkylation sites (N-methyl/N-ethyl adjacent to an activating group) is 1. The van der Waals surface area contributed by atoms with Gasteiger partial charge in [0, 0.05) is 23.1 Å². The lowest BCUT2D eigenvalue weighted by atomic mass is 10.0. The molecule has 1 aromatic rings. The molecule has 0 amide bonds. The second kappa shape index (κ2) is 6.82. The van der Waals surface area contributed by atoms with Crippen molar-refractivity contribution in [1.29, 1.82) is 0 Å². The second-order valence-electron chi connectivity index (χ2n) is 5.19. The Balaban J connectivity index is 2.28. The summed E-state index contributed by atoms with van der Waals surface area (Å²) in [6.07, 6.45) is 5.06. The van der Waals surface area contributed by atoms with E-state index in [-0.39, 0.29) is 11.9 Å². The van der Waals surface area contributed by atoms with E-state index < -0.39 is 0 Å². The molecule has 0 bridgehead atoms. The first-order chi connectivity index (χ1) is 9.17. The SMILES string of the molecule is CCN(C1CCCC1)C(CN)c1cc(F)ccc1Br. The van der Waals surface area contributed by atoms with Crippen LogP contribution in [0.2, 0.25) is 0 Å². The fourth-order valence-electron chi connectivity index (χ4n) is 3.18. The molecule has 19 heavy (non-hydrogen) atoms. The lowest BCUT2D eigenvalue weighted by molar-refractivity contribution is 0.146. The summed E-state index contributed by atoms with van der Waals surface area (Å²) in [5.41, 5.74) is 6.95. The van der Waals surface area contributed by atoms with Crippen molar-refractivity contribution in [2.75, 3.05) is 13.1 Å². The molecule has 0 saturated heterocycles. The summed E-state index contributed by atoms with van der Waals surface area (Å²) in [6.45, 7) is 3.63. The molecular formula is C15H22BrFN2. The molecule has 4 heteroatoms. The van der Waals surface area contributed by atoms with Gasteiger partial charge in [-0.2, -0.15) is 0 Å². The molecule has 0 radical (unpaired) electrons. The van der Waals surface area contributed by atoms with Crippen molar-refractivity contribution in [2.45, 2.75) is 44.7 Å². The molecular weight excluding hydrogens is 307 g/mol. The summed E-state index contributed by atoms with van der Waals surface area (Å²) in [5, 5.41) is 0. The van der Waals surface area contributed by atoms with Crippen molar-refractivity contribution >= 4 is 15.9 Å². The molecule has 2 nitrogen and oxygen atoms in total. The first-order valence-corrected chi connectivity index (χ1v) is 7.87. The number of nitrogens with two attached hydrogens (primary N) is 1. The van der Waals surface area contributed by atoms with Crippen LogP contribution in [0.25, 0.3) is 0 Å². The number of hydrogen-bond acceptors (Lipinski definition) is 2.